The summed E-state index contributed by atoms with van der Waals surface area (Å²) in [6, 6.07) is 8.60. The Hall–Kier alpha value is -2.23. The van der Waals surface area contributed by atoms with Crippen molar-refractivity contribution in [1.82, 2.24) is 0 Å². The van der Waals surface area contributed by atoms with Crippen LogP contribution in [0.3, 0.4) is 0 Å². The Bertz CT molecular complexity index is 463. The van der Waals surface area contributed by atoms with Gasteiger partial charge in [-0.3, -0.25) is 4.79 Å². The number of hydrogen-bond donors (Lipinski definition) is 2. The van der Waals surface area contributed by atoms with Crippen molar-refractivity contribution < 1.29 is 9.21 Å². The molecule has 1 amide bonds. The smallest absolute Gasteiger partial charge is 0.258 e. The van der Waals surface area contributed by atoms with Gasteiger partial charge in [-0.25, -0.2) is 0 Å². The molecule has 3 N–H and O–H groups in total. The quantitative estimate of drug-likeness (QED) is 0.733. The van der Waals surface area contributed by atoms with Crippen LogP contribution in [0.1, 0.15) is 10.4 Å². The van der Waals surface area contributed by atoms with Gasteiger partial charge in [-0.15, -0.1) is 0 Å². The Morgan fingerprint density at radius 3 is 2.87 bits per heavy atom. The number of hydrogen-bond acceptors (Lipinski definition) is 3. The Kier molecular flexibility index (Phi) is 2.41. The van der Waals surface area contributed by atoms with E-state index in [2.05, 4.69) is 5.32 Å². The maximum atomic E-state index is 11.6. The fraction of sp³-hybridized carbons (Fsp3) is 0. The number of anilines is 2. The van der Waals surface area contributed by atoms with E-state index in [0.717, 1.165) is 0 Å². The monoisotopic (exact) mass is 202 g/mol. The number of furan rings is 1. The van der Waals surface area contributed by atoms with Crippen molar-refractivity contribution in [2.24, 2.45) is 0 Å². The third-order valence-electron chi connectivity index (χ3n) is 1.93. The van der Waals surface area contributed by atoms with Gasteiger partial charge in [0.2, 0.25) is 0 Å². The average Bonchev–Trinajstić information content (AvgIpc) is 2.70. The zero-order chi connectivity index (χ0) is 10.7. The maximum Gasteiger partial charge on any atom is 0.258 e. The summed E-state index contributed by atoms with van der Waals surface area (Å²) in [4.78, 5) is 11.6. The maximum absolute atomic E-state index is 11.6. The number of nitrogen functional groups attached to an aromatic ring is 1. The first-order valence-corrected chi connectivity index (χ1v) is 4.45. The predicted octanol–water partition coefficient (Wildman–Crippen LogP) is 2.11. The summed E-state index contributed by atoms with van der Waals surface area (Å²) in [5.74, 6) is -0.214. The molecule has 0 radical (unpaired) electrons. The Morgan fingerprint density at radius 1 is 1.33 bits per heavy atom. The van der Waals surface area contributed by atoms with Crippen molar-refractivity contribution in [2.45, 2.75) is 0 Å². The second-order valence-corrected chi connectivity index (χ2v) is 3.09. The summed E-state index contributed by atoms with van der Waals surface area (Å²) in [6.45, 7) is 0. The van der Waals surface area contributed by atoms with E-state index in [-0.39, 0.29) is 5.91 Å². The number of benzene rings is 1. The van der Waals surface area contributed by atoms with Crippen LogP contribution in [0.5, 0.6) is 0 Å². The lowest BCUT2D eigenvalue weighted by Gasteiger charge is -2.03. The van der Waals surface area contributed by atoms with Crippen molar-refractivity contribution >= 4 is 17.3 Å². The SMILES string of the molecule is Nc1cccc(NC(=O)c2ccoc2)c1. The molecule has 15 heavy (non-hydrogen) atoms. The van der Waals surface area contributed by atoms with Gasteiger partial charge < -0.3 is 15.5 Å². The van der Waals surface area contributed by atoms with Gasteiger partial charge in [0, 0.05) is 11.4 Å². The van der Waals surface area contributed by atoms with E-state index in [1.807, 2.05) is 0 Å². The van der Waals surface area contributed by atoms with Crippen LogP contribution in [0, 0.1) is 0 Å². The number of nitrogens with two attached hydrogens (primary N) is 1. The molecule has 76 valence electrons. The summed E-state index contributed by atoms with van der Waals surface area (Å²) in [7, 11) is 0. The second-order valence-electron chi connectivity index (χ2n) is 3.09. The lowest BCUT2D eigenvalue weighted by Crippen LogP contribution is -2.10. The molecule has 0 saturated heterocycles. The molecule has 4 nitrogen and oxygen atoms in total. The lowest BCUT2D eigenvalue weighted by atomic mass is 10.2. The largest absolute Gasteiger partial charge is 0.472 e. The molecule has 0 spiro atoms. The van der Waals surface area contributed by atoms with Crippen molar-refractivity contribution in [3.8, 4) is 0 Å². The predicted molar refractivity (Wildman–Crippen MR) is 57.5 cm³/mol. The fourth-order valence-electron chi connectivity index (χ4n) is 1.21. The van der Waals surface area contributed by atoms with Crippen molar-refractivity contribution in [3.05, 3.63) is 48.4 Å². The first kappa shape index (κ1) is 9.33. The summed E-state index contributed by atoms with van der Waals surface area (Å²) >= 11 is 0. The van der Waals surface area contributed by atoms with Crippen LogP contribution >= 0.6 is 0 Å². The minimum Gasteiger partial charge on any atom is -0.472 e. The van der Waals surface area contributed by atoms with Crippen LogP contribution in [0.2, 0.25) is 0 Å². The van der Waals surface area contributed by atoms with E-state index in [1.54, 1.807) is 30.3 Å². The third kappa shape index (κ3) is 2.17. The average molecular weight is 202 g/mol. The molecule has 1 heterocycles. The van der Waals surface area contributed by atoms with E-state index in [9.17, 15) is 4.79 Å². The third-order valence-corrected chi connectivity index (χ3v) is 1.93. The normalized spacial score (nSPS) is 9.87. The molecule has 1 aromatic carbocycles. The molecule has 0 bridgehead atoms. The van der Waals surface area contributed by atoms with Crippen molar-refractivity contribution in [1.29, 1.82) is 0 Å². The van der Waals surface area contributed by atoms with Gasteiger partial charge in [0.1, 0.15) is 6.26 Å². The summed E-state index contributed by atoms with van der Waals surface area (Å²) in [6.07, 6.45) is 2.84. The van der Waals surface area contributed by atoms with E-state index in [0.29, 0.717) is 16.9 Å². The standard InChI is InChI=1S/C11H10N2O2/c12-9-2-1-3-10(6-9)13-11(14)8-4-5-15-7-8/h1-7H,12H2,(H,13,14). The van der Waals surface area contributed by atoms with Gasteiger partial charge in [0.25, 0.3) is 5.91 Å². The molecule has 0 atom stereocenters. The second kappa shape index (κ2) is 3.88. The highest BCUT2D eigenvalue weighted by atomic mass is 16.3. The minimum absolute atomic E-state index is 0.214. The molecular weight excluding hydrogens is 192 g/mol. The van der Waals surface area contributed by atoms with E-state index in [4.69, 9.17) is 10.2 Å². The number of rotatable bonds is 2. The zero-order valence-corrected chi connectivity index (χ0v) is 7.94. The van der Waals surface area contributed by atoms with E-state index < -0.39 is 0 Å². The van der Waals surface area contributed by atoms with Gasteiger partial charge in [0.05, 0.1) is 11.8 Å². The van der Waals surface area contributed by atoms with Gasteiger partial charge in [-0.1, -0.05) is 6.07 Å². The molecule has 0 unspecified atom stereocenters. The first-order chi connectivity index (χ1) is 7.25. The Labute approximate surface area is 86.7 Å². The van der Waals surface area contributed by atoms with Crippen LogP contribution < -0.4 is 11.1 Å². The van der Waals surface area contributed by atoms with Crippen molar-refractivity contribution in [2.75, 3.05) is 11.1 Å². The first-order valence-electron chi connectivity index (χ1n) is 4.45. The minimum atomic E-state index is -0.214. The summed E-state index contributed by atoms with van der Waals surface area (Å²) in [5, 5.41) is 2.71. The van der Waals surface area contributed by atoms with Gasteiger partial charge in [0.15, 0.2) is 0 Å². The van der Waals surface area contributed by atoms with E-state index >= 15 is 0 Å². The van der Waals surface area contributed by atoms with Gasteiger partial charge in [-0.2, -0.15) is 0 Å². The van der Waals surface area contributed by atoms with Gasteiger partial charge in [-0.05, 0) is 24.3 Å². The number of amides is 1. The van der Waals surface area contributed by atoms with E-state index in [1.165, 1.54) is 12.5 Å². The highest BCUT2D eigenvalue weighted by Gasteiger charge is 2.06. The molecule has 2 aromatic rings. The van der Waals surface area contributed by atoms with Crippen LogP contribution in [-0.2, 0) is 0 Å². The highest BCUT2D eigenvalue weighted by Crippen LogP contribution is 2.13. The molecular formula is C11H10N2O2. The molecule has 0 saturated carbocycles. The Balaban J connectivity index is 2.13. The van der Waals surface area contributed by atoms with Gasteiger partial charge >= 0.3 is 0 Å². The topological polar surface area (TPSA) is 68.3 Å². The van der Waals surface area contributed by atoms with Crippen LogP contribution in [-0.4, -0.2) is 5.91 Å². The zero-order valence-electron chi connectivity index (χ0n) is 7.94. The molecule has 0 fully saturated rings. The number of carbonyl (C=O) groups is 1. The molecule has 0 aliphatic rings. The van der Waals surface area contributed by atoms with Crippen LogP contribution in [0.4, 0.5) is 11.4 Å². The summed E-state index contributed by atoms with van der Waals surface area (Å²) < 4.78 is 4.81. The number of carbonyl (C=O) groups excluding carboxylic acids is 1. The summed E-state index contributed by atoms with van der Waals surface area (Å²) in [5.41, 5.74) is 7.35. The Morgan fingerprint density at radius 2 is 2.20 bits per heavy atom. The molecule has 0 aliphatic heterocycles. The number of nitrogens with one attached hydrogen (secondary N) is 1. The molecule has 4 heteroatoms. The molecule has 2 rings (SSSR count). The lowest BCUT2D eigenvalue weighted by molar-refractivity contribution is 0.102. The highest BCUT2D eigenvalue weighted by molar-refractivity contribution is 6.04. The molecule has 1 aromatic heterocycles. The molecule has 0 aliphatic carbocycles. The van der Waals surface area contributed by atoms with Crippen molar-refractivity contribution in [3.63, 3.8) is 0 Å². The van der Waals surface area contributed by atoms with Crippen LogP contribution in [0.25, 0.3) is 0 Å². The van der Waals surface area contributed by atoms with Crippen LogP contribution in [0.15, 0.2) is 47.3 Å². The fourth-order valence-corrected chi connectivity index (χ4v) is 1.21.